The molecular weight excluding hydrogens is 272 g/mol. The molecule has 1 N–H and O–H groups in total. The van der Waals surface area contributed by atoms with Gasteiger partial charge in [-0.3, -0.25) is 0 Å². The quantitative estimate of drug-likeness (QED) is 0.921. The zero-order chi connectivity index (χ0) is 14.9. The molecule has 22 heavy (non-hydrogen) atoms. The molecule has 2 aliphatic rings. The number of hydrogen-bond acceptors (Lipinski definition) is 3. The van der Waals surface area contributed by atoms with Crippen molar-refractivity contribution in [2.75, 3.05) is 31.6 Å². The second-order valence-corrected chi connectivity index (χ2v) is 6.16. The Morgan fingerprint density at radius 3 is 2.68 bits per heavy atom. The molecule has 1 saturated heterocycles. The van der Waals surface area contributed by atoms with Crippen LogP contribution in [0.1, 0.15) is 12.0 Å². The van der Waals surface area contributed by atoms with Crippen molar-refractivity contribution in [3.05, 3.63) is 48.0 Å². The van der Waals surface area contributed by atoms with E-state index in [1.165, 1.54) is 35.2 Å². The van der Waals surface area contributed by atoms with Crippen molar-refractivity contribution >= 4 is 5.69 Å². The summed E-state index contributed by atoms with van der Waals surface area (Å²) in [5.74, 6) is 0.906. The van der Waals surface area contributed by atoms with E-state index in [9.17, 15) is 0 Å². The number of benzene rings is 2. The molecule has 3 heteroatoms. The van der Waals surface area contributed by atoms with Gasteiger partial charge in [0.2, 0.25) is 0 Å². The molecule has 4 rings (SSSR count). The molecule has 0 saturated carbocycles. The first-order valence-electron chi connectivity index (χ1n) is 8.10. The SMILES string of the molecule is COc1ccc(-c2ccc3c(c2)N2CCNCCC2C3)cc1. The molecule has 1 atom stereocenters. The summed E-state index contributed by atoms with van der Waals surface area (Å²) in [6.45, 7) is 3.34. The van der Waals surface area contributed by atoms with Gasteiger partial charge >= 0.3 is 0 Å². The molecule has 0 spiro atoms. The number of methoxy groups -OCH3 is 1. The fraction of sp³-hybridized carbons (Fsp3) is 0.368. The second-order valence-electron chi connectivity index (χ2n) is 6.16. The Morgan fingerprint density at radius 2 is 1.86 bits per heavy atom. The van der Waals surface area contributed by atoms with Gasteiger partial charge in [-0.15, -0.1) is 0 Å². The van der Waals surface area contributed by atoms with Crippen LogP contribution in [-0.2, 0) is 6.42 Å². The van der Waals surface area contributed by atoms with E-state index in [4.69, 9.17) is 4.74 Å². The van der Waals surface area contributed by atoms with Crippen LogP contribution in [0.3, 0.4) is 0 Å². The summed E-state index contributed by atoms with van der Waals surface area (Å²) in [6, 6.07) is 15.9. The number of ether oxygens (including phenoxy) is 1. The maximum Gasteiger partial charge on any atom is 0.118 e. The van der Waals surface area contributed by atoms with Crippen LogP contribution in [0.2, 0.25) is 0 Å². The van der Waals surface area contributed by atoms with Gasteiger partial charge < -0.3 is 15.0 Å². The molecule has 0 amide bonds. The van der Waals surface area contributed by atoms with Crippen molar-refractivity contribution in [3.63, 3.8) is 0 Å². The summed E-state index contributed by atoms with van der Waals surface area (Å²) in [6.07, 6.45) is 2.44. The Bertz CT molecular complexity index is 666. The highest BCUT2D eigenvalue weighted by molar-refractivity contribution is 5.73. The van der Waals surface area contributed by atoms with Crippen molar-refractivity contribution in [1.82, 2.24) is 5.32 Å². The molecule has 1 fully saturated rings. The Hall–Kier alpha value is -2.00. The van der Waals surface area contributed by atoms with Gasteiger partial charge in [0.05, 0.1) is 7.11 Å². The fourth-order valence-electron chi connectivity index (χ4n) is 3.68. The number of anilines is 1. The van der Waals surface area contributed by atoms with Gasteiger partial charge in [-0.05, 0) is 54.3 Å². The molecule has 0 bridgehead atoms. The standard InChI is InChI=1S/C19H22N2O/c1-22-18-6-4-14(5-7-18)15-2-3-16-12-17-8-9-20-10-11-21(17)19(16)13-15/h2-7,13,17,20H,8-12H2,1H3. The second kappa shape index (κ2) is 5.65. The molecule has 0 aliphatic carbocycles. The van der Waals surface area contributed by atoms with Gasteiger partial charge in [-0.2, -0.15) is 0 Å². The van der Waals surface area contributed by atoms with E-state index >= 15 is 0 Å². The number of hydrogen-bond donors (Lipinski definition) is 1. The number of nitrogens with one attached hydrogen (secondary N) is 1. The first kappa shape index (κ1) is 13.6. The summed E-state index contributed by atoms with van der Waals surface area (Å²) < 4.78 is 5.25. The molecule has 2 heterocycles. The molecule has 3 nitrogen and oxygen atoms in total. The van der Waals surface area contributed by atoms with Crippen molar-refractivity contribution in [2.45, 2.75) is 18.9 Å². The lowest BCUT2D eigenvalue weighted by molar-refractivity contribution is 0.415. The molecule has 2 aromatic carbocycles. The first-order chi connectivity index (χ1) is 10.8. The topological polar surface area (TPSA) is 24.5 Å². The van der Waals surface area contributed by atoms with Crippen LogP contribution in [0.25, 0.3) is 11.1 Å². The Labute approximate surface area is 131 Å². The molecule has 114 valence electrons. The highest BCUT2D eigenvalue weighted by Gasteiger charge is 2.30. The third kappa shape index (κ3) is 2.35. The average molecular weight is 294 g/mol. The number of rotatable bonds is 2. The Morgan fingerprint density at radius 1 is 1.05 bits per heavy atom. The summed E-state index contributed by atoms with van der Waals surface area (Å²) in [4.78, 5) is 2.60. The van der Waals surface area contributed by atoms with E-state index < -0.39 is 0 Å². The largest absolute Gasteiger partial charge is 0.497 e. The maximum atomic E-state index is 5.25. The monoisotopic (exact) mass is 294 g/mol. The molecule has 2 aliphatic heterocycles. The summed E-state index contributed by atoms with van der Waals surface area (Å²) in [7, 11) is 1.71. The van der Waals surface area contributed by atoms with E-state index in [-0.39, 0.29) is 0 Å². The van der Waals surface area contributed by atoms with E-state index in [0.29, 0.717) is 6.04 Å². The van der Waals surface area contributed by atoms with Crippen molar-refractivity contribution in [3.8, 4) is 16.9 Å². The molecule has 0 radical (unpaired) electrons. The molecule has 1 unspecified atom stereocenters. The zero-order valence-corrected chi connectivity index (χ0v) is 13.0. The summed E-state index contributed by atoms with van der Waals surface area (Å²) >= 11 is 0. The van der Waals surface area contributed by atoms with Crippen LogP contribution < -0.4 is 15.0 Å². The van der Waals surface area contributed by atoms with Crippen LogP contribution >= 0.6 is 0 Å². The van der Waals surface area contributed by atoms with Crippen LogP contribution in [0.5, 0.6) is 5.75 Å². The fourth-order valence-corrected chi connectivity index (χ4v) is 3.68. The lowest BCUT2D eigenvalue weighted by Gasteiger charge is -2.24. The minimum absolute atomic E-state index is 0.677. The first-order valence-corrected chi connectivity index (χ1v) is 8.10. The van der Waals surface area contributed by atoms with Crippen LogP contribution in [0.4, 0.5) is 5.69 Å². The highest BCUT2D eigenvalue weighted by atomic mass is 16.5. The Kier molecular flexibility index (Phi) is 3.51. The van der Waals surface area contributed by atoms with Gasteiger partial charge in [0.15, 0.2) is 0 Å². The van der Waals surface area contributed by atoms with E-state index in [2.05, 4.69) is 40.5 Å². The minimum atomic E-state index is 0.677. The minimum Gasteiger partial charge on any atom is -0.497 e. The van der Waals surface area contributed by atoms with Crippen molar-refractivity contribution in [2.24, 2.45) is 0 Å². The summed E-state index contributed by atoms with van der Waals surface area (Å²) in [5, 5.41) is 3.51. The molecule has 0 aromatic heterocycles. The van der Waals surface area contributed by atoms with Crippen LogP contribution in [-0.4, -0.2) is 32.8 Å². The zero-order valence-electron chi connectivity index (χ0n) is 13.0. The third-order valence-electron chi connectivity index (χ3n) is 4.90. The average Bonchev–Trinajstić information content (AvgIpc) is 2.75. The molecule has 2 aromatic rings. The number of nitrogens with zero attached hydrogens (tertiary/aromatic N) is 1. The summed E-state index contributed by atoms with van der Waals surface area (Å²) in [5.41, 5.74) is 5.48. The van der Waals surface area contributed by atoms with Gasteiger partial charge in [-0.1, -0.05) is 24.3 Å². The lowest BCUT2D eigenvalue weighted by Crippen LogP contribution is -2.32. The third-order valence-corrected chi connectivity index (χ3v) is 4.90. The van der Waals surface area contributed by atoms with Gasteiger partial charge in [0.25, 0.3) is 0 Å². The van der Waals surface area contributed by atoms with Gasteiger partial charge in [0.1, 0.15) is 5.75 Å². The smallest absolute Gasteiger partial charge is 0.118 e. The van der Waals surface area contributed by atoms with Gasteiger partial charge in [-0.25, -0.2) is 0 Å². The predicted molar refractivity (Wildman–Crippen MR) is 90.8 cm³/mol. The highest BCUT2D eigenvalue weighted by Crippen LogP contribution is 2.37. The number of fused-ring (bicyclic) bond motifs is 3. The van der Waals surface area contributed by atoms with Crippen molar-refractivity contribution < 1.29 is 4.74 Å². The van der Waals surface area contributed by atoms with Crippen molar-refractivity contribution in [1.29, 1.82) is 0 Å². The molecular formula is C19H22N2O. The van der Waals surface area contributed by atoms with E-state index in [1.807, 2.05) is 12.1 Å². The maximum absolute atomic E-state index is 5.25. The lowest BCUT2D eigenvalue weighted by atomic mass is 10.0. The normalized spacial score (nSPS) is 20.2. The van der Waals surface area contributed by atoms with Crippen LogP contribution in [0, 0.1) is 0 Å². The van der Waals surface area contributed by atoms with E-state index in [0.717, 1.165) is 25.4 Å². The Balaban J connectivity index is 1.68. The van der Waals surface area contributed by atoms with E-state index in [1.54, 1.807) is 7.11 Å². The van der Waals surface area contributed by atoms with Gasteiger partial charge in [0, 0.05) is 24.8 Å². The predicted octanol–water partition coefficient (Wildman–Crippen LogP) is 3.09. The van der Waals surface area contributed by atoms with Crippen LogP contribution in [0.15, 0.2) is 42.5 Å².